The van der Waals surface area contributed by atoms with E-state index in [-0.39, 0.29) is 0 Å². The highest BCUT2D eigenvalue weighted by Gasteiger charge is 2.11. The summed E-state index contributed by atoms with van der Waals surface area (Å²) in [5.41, 5.74) is 1.86. The molecule has 0 bridgehead atoms. The van der Waals surface area contributed by atoms with Gasteiger partial charge in [0.2, 0.25) is 0 Å². The van der Waals surface area contributed by atoms with Gasteiger partial charge in [-0.2, -0.15) is 0 Å². The molecule has 0 aliphatic heterocycles. The lowest BCUT2D eigenvalue weighted by Crippen LogP contribution is -2.20. The molecule has 6 heteroatoms. The van der Waals surface area contributed by atoms with Crippen LogP contribution in [0.1, 0.15) is 15.9 Å². The molecule has 0 aliphatic rings. The van der Waals surface area contributed by atoms with Crippen LogP contribution in [0.15, 0.2) is 78.9 Å². The maximum absolute atomic E-state index is 12.2. The summed E-state index contributed by atoms with van der Waals surface area (Å²) in [5.74, 6) is -0.514. The van der Waals surface area contributed by atoms with Crippen molar-refractivity contribution in [3.05, 3.63) is 95.0 Å². The van der Waals surface area contributed by atoms with E-state index < -0.39 is 18.5 Å². The van der Waals surface area contributed by atoms with Gasteiger partial charge in [-0.3, -0.25) is 4.79 Å². The first-order chi connectivity index (χ1) is 13.6. The number of rotatable bonds is 7. The molecule has 3 rings (SSSR count). The zero-order valence-electron chi connectivity index (χ0n) is 14.9. The van der Waals surface area contributed by atoms with E-state index in [0.717, 1.165) is 5.56 Å². The number of amides is 1. The van der Waals surface area contributed by atoms with Crippen molar-refractivity contribution in [2.24, 2.45) is 0 Å². The molecular formula is C22H18ClNO4. The topological polar surface area (TPSA) is 64.6 Å². The zero-order chi connectivity index (χ0) is 19.8. The molecule has 0 atom stereocenters. The smallest absolute Gasteiger partial charge is 0.338 e. The van der Waals surface area contributed by atoms with Crippen molar-refractivity contribution in [1.82, 2.24) is 0 Å². The highest BCUT2D eigenvalue weighted by Crippen LogP contribution is 2.17. The Kier molecular flexibility index (Phi) is 6.65. The quantitative estimate of drug-likeness (QED) is 0.588. The van der Waals surface area contributed by atoms with Gasteiger partial charge >= 0.3 is 5.97 Å². The zero-order valence-corrected chi connectivity index (χ0v) is 15.7. The molecule has 3 aromatic carbocycles. The summed E-state index contributed by atoms with van der Waals surface area (Å²) >= 11 is 5.87. The molecule has 0 aliphatic carbocycles. The SMILES string of the molecule is O=C(COC(=O)c1cccc(OCc2ccccc2)c1)Nc1cccc(Cl)c1. The van der Waals surface area contributed by atoms with Crippen LogP contribution in [0.5, 0.6) is 5.75 Å². The first-order valence-electron chi connectivity index (χ1n) is 8.59. The summed E-state index contributed by atoms with van der Waals surface area (Å²) in [7, 11) is 0. The molecule has 0 aromatic heterocycles. The minimum absolute atomic E-state index is 0.307. The van der Waals surface area contributed by atoms with Gasteiger partial charge in [0, 0.05) is 10.7 Å². The van der Waals surface area contributed by atoms with Crippen LogP contribution in [0.4, 0.5) is 5.69 Å². The molecular weight excluding hydrogens is 378 g/mol. The molecule has 1 N–H and O–H groups in total. The maximum Gasteiger partial charge on any atom is 0.338 e. The summed E-state index contributed by atoms with van der Waals surface area (Å²) in [4.78, 5) is 24.1. The monoisotopic (exact) mass is 395 g/mol. The number of benzene rings is 3. The van der Waals surface area contributed by atoms with Gasteiger partial charge in [0.15, 0.2) is 6.61 Å². The van der Waals surface area contributed by atoms with Crippen LogP contribution in [-0.4, -0.2) is 18.5 Å². The van der Waals surface area contributed by atoms with E-state index >= 15 is 0 Å². The molecule has 5 nitrogen and oxygen atoms in total. The Hall–Kier alpha value is -3.31. The lowest BCUT2D eigenvalue weighted by Gasteiger charge is -2.09. The largest absolute Gasteiger partial charge is 0.489 e. The Morgan fingerprint density at radius 3 is 2.46 bits per heavy atom. The van der Waals surface area contributed by atoms with Crippen LogP contribution in [0.25, 0.3) is 0 Å². The van der Waals surface area contributed by atoms with Gasteiger partial charge in [-0.05, 0) is 42.0 Å². The first-order valence-corrected chi connectivity index (χ1v) is 8.97. The van der Waals surface area contributed by atoms with Gasteiger partial charge in [0.1, 0.15) is 12.4 Å². The number of anilines is 1. The molecule has 0 fully saturated rings. The second kappa shape index (κ2) is 9.58. The Morgan fingerprint density at radius 1 is 0.893 bits per heavy atom. The third-order valence-electron chi connectivity index (χ3n) is 3.76. The molecule has 28 heavy (non-hydrogen) atoms. The predicted molar refractivity (Wildman–Crippen MR) is 108 cm³/mol. The Balaban J connectivity index is 1.52. The Morgan fingerprint density at radius 2 is 1.68 bits per heavy atom. The lowest BCUT2D eigenvalue weighted by molar-refractivity contribution is -0.119. The number of nitrogens with one attached hydrogen (secondary N) is 1. The van der Waals surface area contributed by atoms with E-state index in [0.29, 0.717) is 28.6 Å². The number of hydrogen-bond donors (Lipinski definition) is 1. The minimum Gasteiger partial charge on any atom is -0.489 e. The van der Waals surface area contributed by atoms with Gasteiger partial charge in [-0.15, -0.1) is 0 Å². The fourth-order valence-corrected chi connectivity index (χ4v) is 2.62. The van der Waals surface area contributed by atoms with Crippen molar-refractivity contribution in [3.63, 3.8) is 0 Å². The van der Waals surface area contributed by atoms with Gasteiger partial charge in [-0.1, -0.05) is 54.1 Å². The van der Waals surface area contributed by atoms with E-state index in [1.165, 1.54) is 0 Å². The highest BCUT2D eigenvalue weighted by atomic mass is 35.5. The fourth-order valence-electron chi connectivity index (χ4n) is 2.43. The van der Waals surface area contributed by atoms with E-state index in [4.69, 9.17) is 21.1 Å². The van der Waals surface area contributed by atoms with Crippen LogP contribution in [0.3, 0.4) is 0 Å². The van der Waals surface area contributed by atoms with E-state index in [9.17, 15) is 9.59 Å². The molecule has 0 heterocycles. The molecule has 3 aromatic rings. The van der Waals surface area contributed by atoms with Crippen molar-refractivity contribution < 1.29 is 19.1 Å². The summed E-state index contributed by atoms with van der Waals surface area (Å²) in [6.45, 7) is -0.0121. The second-order valence-corrected chi connectivity index (χ2v) is 6.37. The van der Waals surface area contributed by atoms with Crippen molar-refractivity contribution >= 4 is 29.2 Å². The lowest BCUT2D eigenvalue weighted by atomic mass is 10.2. The van der Waals surface area contributed by atoms with Gasteiger partial charge < -0.3 is 14.8 Å². The van der Waals surface area contributed by atoms with Crippen molar-refractivity contribution in [2.75, 3.05) is 11.9 Å². The molecule has 1 amide bonds. The minimum atomic E-state index is -0.605. The molecule has 142 valence electrons. The third kappa shape index (κ3) is 5.86. The van der Waals surface area contributed by atoms with Crippen LogP contribution >= 0.6 is 11.6 Å². The maximum atomic E-state index is 12.2. The number of carbonyl (C=O) groups excluding carboxylic acids is 2. The van der Waals surface area contributed by atoms with Crippen molar-refractivity contribution in [2.45, 2.75) is 6.61 Å². The Labute approximate surface area is 167 Å². The van der Waals surface area contributed by atoms with Crippen LogP contribution in [0.2, 0.25) is 5.02 Å². The van der Waals surface area contributed by atoms with Crippen molar-refractivity contribution in [1.29, 1.82) is 0 Å². The summed E-state index contributed by atoms with van der Waals surface area (Å²) in [6, 6.07) is 23.1. The van der Waals surface area contributed by atoms with Crippen LogP contribution < -0.4 is 10.1 Å². The number of ether oxygens (including phenoxy) is 2. The highest BCUT2D eigenvalue weighted by molar-refractivity contribution is 6.30. The fraction of sp³-hybridized carbons (Fsp3) is 0.0909. The molecule has 0 spiro atoms. The number of carbonyl (C=O) groups is 2. The summed E-state index contributed by atoms with van der Waals surface area (Å²) < 4.78 is 10.8. The first kappa shape index (κ1) is 19.5. The van der Waals surface area contributed by atoms with E-state index in [2.05, 4.69) is 5.32 Å². The molecule has 0 radical (unpaired) electrons. The van der Waals surface area contributed by atoms with Crippen molar-refractivity contribution in [3.8, 4) is 5.75 Å². The Bertz CT molecular complexity index is 960. The second-order valence-electron chi connectivity index (χ2n) is 5.94. The number of halogens is 1. The average molecular weight is 396 g/mol. The van der Waals surface area contributed by atoms with Crippen LogP contribution in [-0.2, 0) is 16.1 Å². The molecule has 0 unspecified atom stereocenters. The van der Waals surface area contributed by atoms with Gasteiger partial charge in [0.05, 0.1) is 5.56 Å². The van der Waals surface area contributed by atoms with Gasteiger partial charge in [-0.25, -0.2) is 4.79 Å². The third-order valence-corrected chi connectivity index (χ3v) is 4.00. The average Bonchev–Trinajstić information content (AvgIpc) is 2.71. The van der Waals surface area contributed by atoms with E-state index in [1.807, 2.05) is 30.3 Å². The van der Waals surface area contributed by atoms with Crippen LogP contribution in [0, 0.1) is 0 Å². The normalized spacial score (nSPS) is 10.2. The van der Waals surface area contributed by atoms with E-state index in [1.54, 1.807) is 48.5 Å². The standard InChI is InChI=1S/C22H18ClNO4/c23-18-9-5-10-19(13-18)24-21(25)15-28-22(26)17-8-4-11-20(12-17)27-14-16-6-2-1-3-7-16/h1-13H,14-15H2,(H,24,25). The summed E-state index contributed by atoms with van der Waals surface area (Å²) in [5, 5.41) is 3.12. The van der Waals surface area contributed by atoms with Gasteiger partial charge in [0.25, 0.3) is 5.91 Å². The molecule has 0 saturated heterocycles. The summed E-state index contributed by atoms with van der Waals surface area (Å²) in [6.07, 6.45) is 0. The molecule has 0 saturated carbocycles. The predicted octanol–water partition coefficient (Wildman–Crippen LogP) is 4.71. The number of hydrogen-bond acceptors (Lipinski definition) is 4. The number of esters is 1.